The fraction of sp³-hybridized carbons (Fsp3) is 0. The number of hydrogen-bond donors (Lipinski definition) is 0. The van der Waals surface area contributed by atoms with Gasteiger partial charge in [0.2, 0.25) is 0 Å². The molecule has 0 unspecified atom stereocenters. The minimum atomic E-state index is 1.04. The highest BCUT2D eigenvalue weighted by Crippen LogP contribution is 2.48. The topological polar surface area (TPSA) is 16.1 Å². The molecule has 0 atom stereocenters. The van der Waals surface area contributed by atoms with Gasteiger partial charge in [-0.15, -0.1) is 22.7 Å². The molecule has 0 amide bonds. The number of thiophene rings is 1. The number of anilines is 3. The smallest absolute Gasteiger partial charge is 0.124 e. The maximum atomic E-state index is 5.39. The van der Waals surface area contributed by atoms with E-state index in [0.29, 0.717) is 0 Å². The van der Waals surface area contributed by atoms with Crippen molar-refractivity contribution in [1.82, 2.24) is 4.98 Å². The number of fused-ring (bicyclic) bond motifs is 5. The Morgan fingerprint density at radius 3 is 1.71 bits per heavy atom. The summed E-state index contributed by atoms with van der Waals surface area (Å²) in [6, 6.07) is 83.5. The molecule has 12 rings (SSSR count). The van der Waals surface area contributed by atoms with E-state index in [0.717, 1.165) is 38.7 Å². The Morgan fingerprint density at radius 2 is 0.937 bits per heavy atom. The van der Waals surface area contributed by atoms with E-state index in [-0.39, 0.29) is 0 Å². The summed E-state index contributed by atoms with van der Waals surface area (Å²) in [5.41, 5.74) is 14.9. The number of nitrogens with zero attached hydrogens (tertiary/aromatic N) is 2. The molecule has 0 bridgehead atoms. The quantitative estimate of drug-likeness (QED) is 0.152. The summed E-state index contributed by atoms with van der Waals surface area (Å²) in [7, 11) is 0. The highest BCUT2D eigenvalue weighted by molar-refractivity contribution is 7.27. The first-order valence-corrected chi connectivity index (χ1v) is 22.9. The van der Waals surface area contributed by atoms with Gasteiger partial charge < -0.3 is 4.90 Å². The molecule has 0 spiro atoms. The third-order valence-electron chi connectivity index (χ3n) is 12.1. The second kappa shape index (κ2) is 15.7. The molecule has 0 fully saturated rings. The first-order valence-electron chi connectivity index (χ1n) is 21.3. The minimum Gasteiger partial charge on any atom is -0.310 e. The average molecular weight is 839 g/mol. The van der Waals surface area contributed by atoms with Crippen LogP contribution in [-0.2, 0) is 0 Å². The third-order valence-corrected chi connectivity index (χ3v) is 14.2. The van der Waals surface area contributed by atoms with E-state index in [1.54, 1.807) is 11.3 Å². The highest BCUT2D eigenvalue weighted by atomic mass is 32.1. The lowest BCUT2D eigenvalue weighted by Crippen LogP contribution is -2.10. The molecule has 0 aliphatic heterocycles. The van der Waals surface area contributed by atoms with Gasteiger partial charge >= 0.3 is 0 Å². The molecule has 2 heterocycles. The number of thiazole rings is 1. The lowest BCUT2D eigenvalue weighted by atomic mass is 9.93. The van der Waals surface area contributed by atoms with E-state index >= 15 is 0 Å². The second-order valence-electron chi connectivity index (χ2n) is 15.9. The molecule has 0 N–H and O–H groups in total. The van der Waals surface area contributed by atoms with E-state index < -0.39 is 0 Å². The van der Waals surface area contributed by atoms with Crippen LogP contribution in [0.1, 0.15) is 0 Å². The first-order chi connectivity index (χ1) is 31.2. The fourth-order valence-corrected chi connectivity index (χ4v) is 11.3. The molecule has 10 aromatic carbocycles. The van der Waals surface area contributed by atoms with Crippen molar-refractivity contribution in [2.45, 2.75) is 0 Å². The summed E-state index contributed by atoms with van der Waals surface area (Å²) in [6.45, 7) is 0. The molecule has 0 saturated carbocycles. The van der Waals surface area contributed by atoms with Crippen molar-refractivity contribution >= 4 is 80.9 Å². The Kier molecular flexibility index (Phi) is 9.25. The van der Waals surface area contributed by atoms with Gasteiger partial charge in [-0.2, -0.15) is 0 Å². The molecular weight excluding hydrogens is 801 g/mol. The van der Waals surface area contributed by atoms with Gasteiger partial charge in [0.1, 0.15) is 5.01 Å². The third kappa shape index (κ3) is 6.77. The molecule has 2 aromatic heterocycles. The van der Waals surface area contributed by atoms with E-state index in [2.05, 4.69) is 235 Å². The van der Waals surface area contributed by atoms with Crippen LogP contribution in [0.25, 0.3) is 96.2 Å². The predicted molar refractivity (Wildman–Crippen MR) is 272 cm³/mol. The van der Waals surface area contributed by atoms with Crippen molar-refractivity contribution in [3.8, 4) is 55.1 Å². The van der Waals surface area contributed by atoms with Gasteiger partial charge in [-0.05, 0) is 104 Å². The van der Waals surface area contributed by atoms with Gasteiger partial charge in [-0.3, -0.25) is 0 Å². The van der Waals surface area contributed by atoms with Crippen LogP contribution in [0.4, 0.5) is 17.1 Å². The molecule has 0 aliphatic rings. The molecule has 12 aromatic rings. The number of aromatic nitrogens is 1. The lowest BCUT2D eigenvalue weighted by molar-refractivity contribution is 1.28. The summed E-state index contributed by atoms with van der Waals surface area (Å²) in [4.78, 5) is 7.80. The van der Waals surface area contributed by atoms with Crippen LogP contribution < -0.4 is 4.90 Å². The van der Waals surface area contributed by atoms with Gasteiger partial charge in [0.05, 0.1) is 10.2 Å². The Morgan fingerprint density at radius 1 is 0.333 bits per heavy atom. The summed E-state index contributed by atoms with van der Waals surface area (Å²) in [5.74, 6) is 0. The van der Waals surface area contributed by atoms with Gasteiger partial charge in [-0.1, -0.05) is 176 Å². The summed E-state index contributed by atoms with van der Waals surface area (Å²) in [6.07, 6.45) is 0. The Bertz CT molecular complexity index is 3610. The van der Waals surface area contributed by atoms with Gasteiger partial charge in [0.25, 0.3) is 0 Å². The molecular formula is C59H38N2S2. The van der Waals surface area contributed by atoms with Crippen LogP contribution in [0.2, 0.25) is 0 Å². The van der Waals surface area contributed by atoms with E-state index in [9.17, 15) is 0 Å². The van der Waals surface area contributed by atoms with Crippen LogP contribution >= 0.6 is 22.7 Å². The zero-order chi connectivity index (χ0) is 41.7. The molecule has 0 aliphatic carbocycles. The monoisotopic (exact) mass is 838 g/mol. The molecule has 0 radical (unpaired) electrons. The molecule has 296 valence electrons. The number of benzene rings is 10. The van der Waals surface area contributed by atoms with Gasteiger partial charge in [0, 0.05) is 48.4 Å². The van der Waals surface area contributed by atoms with Crippen molar-refractivity contribution < 1.29 is 0 Å². The van der Waals surface area contributed by atoms with Gasteiger partial charge in [0.15, 0.2) is 0 Å². The Hall–Kier alpha value is -7.63. The molecule has 2 nitrogen and oxygen atoms in total. The zero-order valence-corrected chi connectivity index (χ0v) is 35.8. The van der Waals surface area contributed by atoms with E-state index in [1.807, 2.05) is 11.3 Å². The normalized spacial score (nSPS) is 11.5. The summed E-state index contributed by atoms with van der Waals surface area (Å²) in [5, 5.41) is 6.05. The number of hydrogen-bond acceptors (Lipinski definition) is 4. The lowest BCUT2D eigenvalue weighted by Gasteiger charge is -2.27. The van der Waals surface area contributed by atoms with E-state index in [1.165, 1.54) is 74.6 Å². The van der Waals surface area contributed by atoms with Crippen LogP contribution in [0, 0.1) is 0 Å². The summed E-state index contributed by atoms with van der Waals surface area (Å²) < 4.78 is 3.77. The maximum absolute atomic E-state index is 5.39. The van der Waals surface area contributed by atoms with Crippen LogP contribution in [-0.4, -0.2) is 4.98 Å². The van der Waals surface area contributed by atoms with Crippen molar-refractivity contribution in [2.75, 3.05) is 4.90 Å². The van der Waals surface area contributed by atoms with Crippen molar-refractivity contribution in [3.63, 3.8) is 0 Å². The Labute approximate surface area is 374 Å². The SMILES string of the molecule is c1ccc(-c2nc3c(-c4ccc(N(c5cccc(-c6ccc7ccccc7c6)c5)c5ccc(-c6ccccc6)c(-c6ccccc6)c5)cc4)c4c(cc3s2)sc2ccccc24)cc1. The van der Waals surface area contributed by atoms with E-state index in [4.69, 9.17) is 4.98 Å². The van der Waals surface area contributed by atoms with Gasteiger partial charge in [-0.25, -0.2) is 4.98 Å². The second-order valence-corrected chi connectivity index (χ2v) is 18.0. The van der Waals surface area contributed by atoms with Crippen LogP contribution in [0.15, 0.2) is 231 Å². The van der Waals surface area contributed by atoms with Crippen molar-refractivity contribution in [3.05, 3.63) is 231 Å². The summed E-state index contributed by atoms with van der Waals surface area (Å²) >= 11 is 3.64. The van der Waals surface area contributed by atoms with Crippen molar-refractivity contribution in [1.29, 1.82) is 0 Å². The number of rotatable bonds is 8. The molecule has 0 saturated heterocycles. The first kappa shape index (κ1) is 37.2. The molecule has 63 heavy (non-hydrogen) atoms. The van der Waals surface area contributed by atoms with Crippen LogP contribution in [0.3, 0.4) is 0 Å². The highest BCUT2D eigenvalue weighted by Gasteiger charge is 2.21. The fourth-order valence-electron chi connectivity index (χ4n) is 9.07. The minimum absolute atomic E-state index is 1.04. The Balaban J connectivity index is 1.05. The average Bonchev–Trinajstić information content (AvgIpc) is 3.96. The molecule has 4 heteroatoms. The maximum Gasteiger partial charge on any atom is 0.124 e. The largest absolute Gasteiger partial charge is 0.310 e. The van der Waals surface area contributed by atoms with Crippen molar-refractivity contribution in [2.24, 2.45) is 0 Å². The predicted octanol–water partition coefficient (Wildman–Crippen LogP) is 17.6. The van der Waals surface area contributed by atoms with Crippen LogP contribution in [0.5, 0.6) is 0 Å². The standard InChI is InChI=1S/C59H38N2S2/c1-4-16-40(17-5-1)50-34-33-49(37-52(50)41-18-6-2-7-19-41)61(48-24-14-23-45(36-48)46-28-27-39-15-10-11-22-44(39)35-46)47-31-29-42(30-32-47)56-57-51-25-12-13-26-53(51)62-54(57)38-55-58(56)60-59(63-55)43-20-8-3-9-21-43/h1-38H. The zero-order valence-electron chi connectivity index (χ0n) is 34.2.